The number of amides is 1. The normalized spacial score (nSPS) is 13.7. The van der Waals surface area contributed by atoms with Crippen LogP contribution in [0, 0.1) is 0 Å². The third-order valence-corrected chi connectivity index (χ3v) is 2.37. The van der Waals surface area contributed by atoms with Crippen molar-refractivity contribution in [3.8, 4) is 0 Å². The number of hydrogen-bond donors (Lipinski definition) is 1. The second kappa shape index (κ2) is 7.09. The van der Waals surface area contributed by atoms with E-state index in [1.807, 2.05) is 0 Å². The highest BCUT2D eigenvalue weighted by Gasteiger charge is 2.27. The summed E-state index contributed by atoms with van der Waals surface area (Å²) in [6.45, 7) is 1.79. The van der Waals surface area contributed by atoms with Gasteiger partial charge < -0.3 is 5.32 Å². The predicted octanol–water partition coefficient (Wildman–Crippen LogP) is 3.01. The molecule has 1 N–H and O–H groups in total. The predicted molar refractivity (Wildman–Crippen MR) is 55.9 cm³/mol. The van der Waals surface area contributed by atoms with Gasteiger partial charge in [0.1, 0.15) is 0 Å². The summed E-state index contributed by atoms with van der Waals surface area (Å²) in [5, 5.41) is 3.36. The Morgan fingerprint density at radius 1 is 1.47 bits per heavy atom. The maximum absolute atomic E-state index is 11.8. The van der Waals surface area contributed by atoms with E-state index in [-0.39, 0.29) is 6.04 Å². The molecule has 0 radical (unpaired) electrons. The standard InChI is InChI=1S/C9H15BrF3NO/c1-7(3-2-6-10)14-8(15)4-5-9(11,12)13/h7H,2-6H2,1H3,(H,14,15). The fourth-order valence-corrected chi connectivity index (χ4v) is 1.38. The molecule has 0 aliphatic heterocycles. The summed E-state index contributed by atoms with van der Waals surface area (Å²) in [5.41, 5.74) is 0. The SMILES string of the molecule is CC(CCCBr)NC(=O)CCC(F)(F)F. The number of carbonyl (C=O) groups excluding carboxylic acids is 1. The van der Waals surface area contributed by atoms with Crippen LogP contribution >= 0.6 is 15.9 Å². The van der Waals surface area contributed by atoms with Crippen molar-refractivity contribution in [3.05, 3.63) is 0 Å². The van der Waals surface area contributed by atoms with E-state index in [1.165, 1.54) is 0 Å². The molecule has 0 fully saturated rings. The van der Waals surface area contributed by atoms with Crippen LogP contribution in [-0.2, 0) is 4.79 Å². The molecule has 0 spiro atoms. The highest BCUT2D eigenvalue weighted by Crippen LogP contribution is 2.21. The van der Waals surface area contributed by atoms with Crippen molar-refractivity contribution < 1.29 is 18.0 Å². The molecule has 0 aromatic rings. The van der Waals surface area contributed by atoms with Crippen LogP contribution in [0.15, 0.2) is 0 Å². The first kappa shape index (κ1) is 14.7. The molecule has 6 heteroatoms. The van der Waals surface area contributed by atoms with Gasteiger partial charge in [-0.1, -0.05) is 15.9 Å². The first-order valence-corrected chi connectivity index (χ1v) is 5.89. The molecular weight excluding hydrogens is 275 g/mol. The lowest BCUT2D eigenvalue weighted by Crippen LogP contribution is -2.33. The van der Waals surface area contributed by atoms with Crippen molar-refractivity contribution in [1.29, 1.82) is 0 Å². The van der Waals surface area contributed by atoms with Crippen molar-refractivity contribution >= 4 is 21.8 Å². The summed E-state index contributed by atoms with van der Waals surface area (Å²) in [7, 11) is 0. The first-order valence-electron chi connectivity index (χ1n) is 4.77. The van der Waals surface area contributed by atoms with E-state index in [0.717, 1.165) is 18.2 Å². The van der Waals surface area contributed by atoms with Crippen molar-refractivity contribution in [2.45, 2.75) is 44.8 Å². The van der Waals surface area contributed by atoms with Gasteiger partial charge in [0.05, 0.1) is 6.42 Å². The van der Waals surface area contributed by atoms with E-state index in [4.69, 9.17) is 0 Å². The minimum absolute atomic E-state index is 0.0664. The Kier molecular flexibility index (Phi) is 6.96. The van der Waals surface area contributed by atoms with Gasteiger partial charge in [-0.2, -0.15) is 13.2 Å². The summed E-state index contributed by atoms with van der Waals surface area (Å²) < 4.78 is 35.3. The van der Waals surface area contributed by atoms with Gasteiger partial charge in [-0.05, 0) is 19.8 Å². The van der Waals surface area contributed by atoms with E-state index < -0.39 is 24.9 Å². The van der Waals surface area contributed by atoms with Crippen LogP contribution in [0.4, 0.5) is 13.2 Å². The van der Waals surface area contributed by atoms with E-state index in [0.29, 0.717) is 0 Å². The third kappa shape index (κ3) is 10.0. The zero-order valence-corrected chi connectivity index (χ0v) is 10.1. The number of carbonyl (C=O) groups is 1. The summed E-state index contributed by atoms with van der Waals surface area (Å²) >= 11 is 3.24. The van der Waals surface area contributed by atoms with Gasteiger partial charge in [-0.3, -0.25) is 4.79 Å². The van der Waals surface area contributed by atoms with Crippen LogP contribution in [-0.4, -0.2) is 23.5 Å². The number of alkyl halides is 4. The maximum Gasteiger partial charge on any atom is 0.389 e. The Morgan fingerprint density at radius 3 is 2.53 bits per heavy atom. The summed E-state index contributed by atoms with van der Waals surface area (Å²) in [6, 6.07) is -0.0664. The van der Waals surface area contributed by atoms with Crippen molar-refractivity contribution in [1.82, 2.24) is 5.32 Å². The molecule has 1 atom stereocenters. The number of nitrogens with one attached hydrogen (secondary N) is 1. The first-order chi connectivity index (χ1) is 6.85. The smallest absolute Gasteiger partial charge is 0.354 e. The third-order valence-electron chi connectivity index (χ3n) is 1.81. The van der Waals surface area contributed by atoms with Crippen LogP contribution in [0.1, 0.15) is 32.6 Å². The second-order valence-electron chi connectivity index (χ2n) is 3.41. The fraction of sp³-hybridized carbons (Fsp3) is 0.889. The van der Waals surface area contributed by atoms with Crippen LogP contribution < -0.4 is 5.32 Å². The molecule has 0 aromatic carbocycles. The average Bonchev–Trinajstić information content (AvgIpc) is 2.10. The van der Waals surface area contributed by atoms with Crippen LogP contribution in [0.25, 0.3) is 0 Å². The Balaban J connectivity index is 3.64. The average molecular weight is 290 g/mol. The zero-order valence-electron chi connectivity index (χ0n) is 8.53. The molecule has 0 rings (SSSR count). The fourth-order valence-electron chi connectivity index (χ4n) is 1.06. The molecule has 0 saturated heterocycles. The van der Waals surface area contributed by atoms with Crippen LogP contribution in [0.2, 0.25) is 0 Å². The molecule has 0 bridgehead atoms. The maximum atomic E-state index is 11.8. The van der Waals surface area contributed by atoms with Gasteiger partial charge in [0.2, 0.25) is 5.91 Å². The highest BCUT2D eigenvalue weighted by atomic mass is 79.9. The Bertz CT molecular complexity index is 196. The van der Waals surface area contributed by atoms with Gasteiger partial charge in [0.15, 0.2) is 0 Å². The van der Waals surface area contributed by atoms with Gasteiger partial charge >= 0.3 is 6.18 Å². The lowest BCUT2D eigenvalue weighted by Gasteiger charge is -2.13. The lowest BCUT2D eigenvalue weighted by molar-refractivity contribution is -0.144. The van der Waals surface area contributed by atoms with E-state index in [9.17, 15) is 18.0 Å². The zero-order chi connectivity index (χ0) is 11.9. The molecule has 15 heavy (non-hydrogen) atoms. The molecule has 0 aliphatic carbocycles. The molecule has 0 aromatic heterocycles. The van der Waals surface area contributed by atoms with E-state index >= 15 is 0 Å². The second-order valence-corrected chi connectivity index (χ2v) is 4.21. The Labute approximate surface area is 95.7 Å². The van der Waals surface area contributed by atoms with Crippen LogP contribution in [0.3, 0.4) is 0 Å². The largest absolute Gasteiger partial charge is 0.389 e. The molecule has 2 nitrogen and oxygen atoms in total. The minimum Gasteiger partial charge on any atom is -0.354 e. The van der Waals surface area contributed by atoms with Crippen molar-refractivity contribution in [2.75, 3.05) is 5.33 Å². The topological polar surface area (TPSA) is 29.1 Å². The quantitative estimate of drug-likeness (QED) is 0.749. The Hall–Kier alpha value is -0.260. The molecule has 0 saturated carbocycles. The van der Waals surface area contributed by atoms with E-state index in [1.54, 1.807) is 6.92 Å². The lowest BCUT2D eigenvalue weighted by atomic mass is 10.2. The highest BCUT2D eigenvalue weighted by molar-refractivity contribution is 9.09. The van der Waals surface area contributed by atoms with Gasteiger partial charge in [-0.15, -0.1) is 0 Å². The summed E-state index contributed by atoms with van der Waals surface area (Å²) in [4.78, 5) is 11.0. The number of hydrogen-bond acceptors (Lipinski definition) is 1. The minimum atomic E-state index is -4.25. The molecule has 1 amide bonds. The van der Waals surface area contributed by atoms with Crippen molar-refractivity contribution in [2.24, 2.45) is 0 Å². The van der Waals surface area contributed by atoms with E-state index in [2.05, 4.69) is 21.2 Å². The number of rotatable bonds is 6. The molecule has 1 unspecified atom stereocenters. The summed E-state index contributed by atoms with van der Waals surface area (Å²) in [5.74, 6) is -0.533. The summed E-state index contributed by atoms with van der Waals surface area (Å²) in [6.07, 6.45) is -4.13. The van der Waals surface area contributed by atoms with Gasteiger partial charge in [0.25, 0.3) is 0 Å². The molecule has 0 aliphatic rings. The van der Waals surface area contributed by atoms with Gasteiger partial charge in [0, 0.05) is 17.8 Å². The molecule has 90 valence electrons. The monoisotopic (exact) mass is 289 g/mol. The number of halogens is 4. The van der Waals surface area contributed by atoms with Crippen LogP contribution in [0.5, 0.6) is 0 Å². The molecule has 0 heterocycles. The van der Waals surface area contributed by atoms with Crippen molar-refractivity contribution in [3.63, 3.8) is 0 Å². The van der Waals surface area contributed by atoms with Gasteiger partial charge in [-0.25, -0.2) is 0 Å². The Morgan fingerprint density at radius 2 is 2.07 bits per heavy atom. The molecular formula is C9H15BrF3NO.